The van der Waals surface area contributed by atoms with E-state index in [1.807, 2.05) is 60.0 Å². The minimum absolute atomic E-state index is 0.0769. The van der Waals surface area contributed by atoms with Gasteiger partial charge in [-0.1, -0.05) is 81.1 Å². The number of aromatic nitrogens is 3. The molecule has 0 aliphatic rings. The second-order valence-corrected chi connectivity index (χ2v) is 10.4. The Morgan fingerprint density at radius 3 is 2.26 bits per heavy atom. The first-order valence-corrected chi connectivity index (χ1v) is 12.3. The lowest BCUT2D eigenvalue weighted by atomic mass is 9.87. The van der Waals surface area contributed by atoms with Crippen molar-refractivity contribution in [1.82, 2.24) is 14.8 Å². The summed E-state index contributed by atoms with van der Waals surface area (Å²) in [6.07, 6.45) is 0. The van der Waals surface area contributed by atoms with Gasteiger partial charge in [0.2, 0.25) is 5.91 Å². The Morgan fingerprint density at radius 1 is 0.912 bits per heavy atom. The van der Waals surface area contributed by atoms with Gasteiger partial charge in [-0.3, -0.25) is 9.36 Å². The van der Waals surface area contributed by atoms with Crippen LogP contribution < -0.4 is 5.32 Å². The van der Waals surface area contributed by atoms with Crippen LogP contribution in [-0.4, -0.2) is 26.4 Å². The predicted molar refractivity (Wildman–Crippen MR) is 141 cm³/mol. The van der Waals surface area contributed by atoms with Gasteiger partial charge < -0.3 is 5.32 Å². The van der Waals surface area contributed by atoms with Crippen LogP contribution in [-0.2, 0) is 10.2 Å². The van der Waals surface area contributed by atoms with Gasteiger partial charge in [-0.2, -0.15) is 0 Å². The summed E-state index contributed by atoms with van der Waals surface area (Å²) in [5.41, 5.74) is 6.44. The first-order chi connectivity index (χ1) is 16.2. The van der Waals surface area contributed by atoms with Crippen LogP contribution in [0.25, 0.3) is 17.1 Å². The minimum atomic E-state index is -0.0769. The molecule has 4 rings (SSSR count). The fraction of sp³-hybridized carbons (Fsp3) is 0.250. The third-order valence-corrected chi connectivity index (χ3v) is 6.71. The van der Waals surface area contributed by atoms with Gasteiger partial charge in [-0.15, -0.1) is 10.2 Å². The Labute approximate surface area is 205 Å². The number of carbonyl (C=O) groups is 1. The molecule has 1 heterocycles. The van der Waals surface area contributed by atoms with Crippen molar-refractivity contribution in [2.75, 3.05) is 11.1 Å². The Hall–Kier alpha value is -3.38. The molecule has 0 radical (unpaired) electrons. The van der Waals surface area contributed by atoms with Crippen LogP contribution in [0.3, 0.4) is 0 Å². The maximum atomic E-state index is 12.6. The molecule has 34 heavy (non-hydrogen) atoms. The van der Waals surface area contributed by atoms with Gasteiger partial charge in [-0.05, 0) is 60.2 Å². The SMILES string of the molecule is Cc1ccc(NC(=O)CSc2nnc(-c3ccc(C(C)(C)C)cc3)n2-c2ccccc2)cc1C. The van der Waals surface area contributed by atoms with Gasteiger partial charge >= 0.3 is 0 Å². The van der Waals surface area contributed by atoms with E-state index in [-0.39, 0.29) is 17.1 Å². The lowest BCUT2D eigenvalue weighted by Gasteiger charge is -2.19. The number of rotatable bonds is 6. The molecule has 0 fully saturated rings. The number of hydrogen-bond donors (Lipinski definition) is 1. The van der Waals surface area contributed by atoms with Gasteiger partial charge in [0.25, 0.3) is 0 Å². The number of hydrogen-bond acceptors (Lipinski definition) is 4. The average Bonchev–Trinajstić information content (AvgIpc) is 3.24. The largest absolute Gasteiger partial charge is 0.325 e. The Morgan fingerprint density at radius 2 is 1.62 bits per heavy atom. The maximum Gasteiger partial charge on any atom is 0.234 e. The smallest absolute Gasteiger partial charge is 0.234 e. The van der Waals surface area contributed by atoms with E-state index in [0.29, 0.717) is 5.16 Å². The molecule has 0 aliphatic carbocycles. The highest BCUT2D eigenvalue weighted by Crippen LogP contribution is 2.30. The number of carbonyl (C=O) groups excluding carboxylic acids is 1. The molecule has 6 heteroatoms. The zero-order chi connectivity index (χ0) is 24.3. The van der Waals surface area contributed by atoms with Crippen LogP contribution in [0.4, 0.5) is 5.69 Å². The summed E-state index contributed by atoms with van der Waals surface area (Å²) in [6, 6.07) is 24.4. The summed E-state index contributed by atoms with van der Waals surface area (Å²) < 4.78 is 2.01. The first-order valence-electron chi connectivity index (χ1n) is 11.3. The van der Waals surface area contributed by atoms with E-state index in [0.717, 1.165) is 28.3 Å². The highest BCUT2D eigenvalue weighted by molar-refractivity contribution is 7.99. The number of nitrogens with zero attached hydrogens (tertiary/aromatic N) is 3. The summed E-state index contributed by atoms with van der Waals surface area (Å²) in [7, 11) is 0. The molecule has 0 unspecified atom stereocenters. The normalized spacial score (nSPS) is 11.4. The molecule has 4 aromatic rings. The van der Waals surface area contributed by atoms with Gasteiger partial charge in [0.15, 0.2) is 11.0 Å². The van der Waals surface area contributed by atoms with E-state index >= 15 is 0 Å². The first kappa shape index (κ1) is 23.8. The average molecular weight is 471 g/mol. The molecule has 3 aromatic carbocycles. The van der Waals surface area contributed by atoms with Gasteiger partial charge in [0, 0.05) is 16.9 Å². The highest BCUT2D eigenvalue weighted by atomic mass is 32.2. The van der Waals surface area contributed by atoms with Crippen molar-refractivity contribution in [2.24, 2.45) is 0 Å². The van der Waals surface area contributed by atoms with Crippen molar-refractivity contribution in [3.05, 3.63) is 89.5 Å². The van der Waals surface area contributed by atoms with Crippen molar-refractivity contribution >= 4 is 23.4 Å². The standard InChI is InChI=1S/C28H30N4OS/c1-19-11-16-23(17-20(19)2)29-25(33)18-34-27-31-30-26(32(27)24-9-7-6-8-10-24)21-12-14-22(15-13-21)28(3,4)5/h6-17H,18H2,1-5H3,(H,29,33). The molecule has 1 amide bonds. The minimum Gasteiger partial charge on any atom is -0.325 e. The summed E-state index contributed by atoms with van der Waals surface area (Å²) in [6.45, 7) is 10.7. The molecule has 0 aliphatic heterocycles. The lowest BCUT2D eigenvalue weighted by Crippen LogP contribution is -2.14. The fourth-order valence-corrected chi connectivity index (χ4v) is 4.38. The zero-order valence-corrected chi connectivity index (χ0v) is 21.1. The van der Waals surface area contributed by atoms with Crippen LogP contribution in [0, 0.1) is 13.8 Å². The molecular weight excluding hydrogens is 440 g/mol. The summed E-state index contributed by atoms with van der Waals surface area (Å²) in [5.74, 6) is 0.914. The van der Waals surface area contributed by atoms with Gasteiger partial charge in [-0.25, -0.2) is 0 Å². The van der Waals surface area contributed by atoms with E-state index in [4.69, 9.17) is 0 Å². The van der Waals surface area contributed by atoms with E-state index in [1.165, 1.54) is 22.9 Å². The lowest BCUT2D eigenvalue weighted by molar-refractivity contribution is -0.113. The summed E-state index contributed by atoms with van der Waals surface area (Å²) in [5, 5.41) is 12.6. The van der Waals surface area contributed by atoms with Crippen molar-refractivity contribution in [3.8, 4) is 17.1 Å². The molecule has 1 aromatic heterocycles. The van der Waals surface area contributed by atoms with Crippen molar-refractivity contribution in [1.29, 1.82) is 0 Å². The number of anilines is 1. The van der Waals surface area contributed by atoms with E-state index in [2.05, 4.69) is 67.5 Å². The summed E-state index contributed by atoms with van der Waals surface area (Å²) in [4.78, 5) is 12.6. The number of nitrogens with one attached hydrogen (secondary N) is 1. The van der Waals surface area contributed by atoms with E-state index in [1.54, 1.807) is 0 Å². The number of benzene rings is 3. The van der Waals surface area contributed by atoms with E-state index in [9.17, 15) is 4.79 Å². The molecule has 5 nitrogen and oxygen atoms in total. The predicted octanol–water partition coefficient (Wildman–Crippen LogP) is 6.58. The second-order valence-electron chi connectivity index (χ2n) is 9.44. The van der Waals surface area contributed by atoms with Crippen molar-refractivity contribution < 1.29 is 4.79 Å². The second kappa shape index (κ2) is 9.85. The highest BCUT2D eigenvalue weighted by Gasteiger charge is 2.19. The Kier molecular flexibility index (Phi) is 6.89. The third-order valence-electron chi connectivity index (χ3n) is 5.78. The molecule has 174 valence electrons. The molecule has 0 bridgehead atoms. The molecule has 0 saturated carbocycles. The van der Waals surface area contributed by atoms with Crippen LogP contribution >= 0.6 is 11.8 Å². The number of thioether (sulfide) groups is 1. The number of amides is 1. The topological polar surface area (TPSA) is 59.8 Å². The Balaban J connectivity index is 1.58. The van der Waals surface area contributed by atoms with Crippen LogP contribution in [0.15, 0.2) is 78.0 Å². The molecule has 0 saturated heterocycles. The maximum absolute atomic E-state index is 12.6. The zero-order valence-electron chi connectivity index (χ0n) is 20.3. The van der Waals surface area contributed by atoms with Crippen LogP contribution in [0.1, 0.15) is 37.5 Å². The van der Waals surface area contributed by atoms with Gasteiger partial charge in [0.05, 0.1) is 5.75 Å². The van der Waals surface area contributed by atoms with Crippen LogP contribution in [0.2, 0.25) is 0 Å². The molecule has 0 spiro atoms. The fourth-order valence-electron chi connectivity index (χ4n) is 3.63. The van der Waals surface area contributed by atoms with Crippen molar-refractivity contribution in [2.45, 2.75) is 45.2 Å². The monoisotopic (exact) mass is 470 g/mol. The number of aryl methyl sites for hydroxylation is 2. The van der Waals surface area contributed by atoms with E-state index < -0.39 is 0 Å². The van der Waals surface area contributed by atoms with Gasteiger partial charge in [0.1, 0.15) is 0 Å². The molecule has 0 atom stereocenters. The van der Waals surface area contributed by atoms with Crippen molar-refractivity contribution in [3.63, 3.8) is 0 Å². The molecular formula is C28H30N4OS. The third kappa shape index (κ3) is 5.39. The van der Waals surface area contributed by atoms with Crippen LogP contribution in [0.5, 0.6) is 0 Å². The Bertz CT molecular complexity index is 1290. The molecule has 1 N–H and O–H groups in total. The quantitative estimate of drug-likeness (QED) is 0.323. The summed E-state index contributed by atoms with van der Waals surface area (Å²) >= 11 is 1.38. The number of para-hydroxylation sites is 1.